The van der Waals surface area contributed by atoms with Crippen LogP contribution in [0.3, 0.4) is 0 Å². The average molecular weight is 315 g/mol. The number of hydrogen-bond acceptors (Lipinski definition) is 0. The van der Waals surface area contributed by atoms with E-state index in [1.807, 2.05) is 97.1 Å². The zero-order valence-electron chi connectivity index (χ0n) is 10.7. The molecule has 0 heterocycles. The first kappa shape index (κ1) is 19.2. The maximum Gasteiger partial charge on any atom is 3.00 e. The Balaban J connectivity index is 0. The molecule has 0 aliphatic carbocycles. The molecule has 0 saturated heterocycles. The van der Waals surface area contributed by atoms with Gasteiger partial charge in [0.05, 0.1) is 0 Å². The second-order valence-corrected chi connectivity index (χ2v) is 3.08. The quantitative estimate of drug-likeness (QED) is 0.515. The third-order valence-corrected chi connectivity index (χ3v) is 1.78. The summed E-state index contributed by atoms with van der Waals surface area (Å²) in [7, 11) is 0. The molecule has 0 aromatic heterocycles. The van der Waals surface area contributed by atoms with Gasteiger partial charge in [-0.2, -0.15) is 36.4 Å². The van der Waals surface area contributed by atoms with Crippen LogP contribution in [0.5, 0.6) is 0 Å². The van der Waals surface area contributed by atoms with E-state index in [0.29, 0.717) is 0 Å². The van der Waals surface area contributed by atoms with Crippen LogP contribution in [-0.4, -0.2) is 0 Å². The van der Waals surface area contributed by atoms with Gasteiger partial charge < -0.3 is 7.43 Å². The van der Waals surface area contributed by atoms with Gasteiger partial charge in [-0.1, -0.05) is 36.4 Å². The molecule has 3 aromatic rings. The van der Waals surface area contributed by atoms with Crippen LogP contribution in [0, 0.1) is 7.43 Å². The van der Waals surface area contributed by atoms with Crippen molar-refractivity contribution in [3.63, 3.8) is 0 Å². The summed E-state index contributed by atoms with van der Waals surface area (Å²) in [6.45, 7) is 0. The maximum atomic E-state index is 2.00. The minimum Gasteiger partial charge on any atom is -0.358 e. The molecule has 0 nitrogen and oxygen atoms in total. The van der Waals surface area contributed by atoms with Gasteiger partial charge >= 0.3 is 26.2 Å². The summed E-state index contributed by atoms with van der Waals surface area (Å²) in [6, 6.07) is 32.0. The van der Waals surface area contributed by atoms with Crippen molar-refractivity contribution in [3.8, 4) is 0 Å². The van der Waals surface area contributed by atoms with E-state index in [4.69, 9.17) is 0 Å². The largest absolute Gasteiger partial charge is 3.00 e. The van der Waals surface area contributed by atoms with Gasteiger partial charge in [-0.25, -0.2) is 24.3 Å². The Labute approximate surface area is 130 Å². The molecule has 0 bridgehead atoms. The Morgan fingerprint density at radius 2 is 0.611 bits per heavy atom. The van der Waals surface area contributed by atoms with Crippen LogP contribution in [0.1, 0.15) is 0 Å². The molecule has 0 N–H and O–H groups in total. The first-order valence-corrected chi connectivity index (χ1v) is 5.33. The summed E-state index contributed by atoms with van der Waals surface area (Å²) in [6.07, 6.45) is 0. The summed E-state index contributed by atoms with van der Waals surface area (Å²) in [5, 5.41) is 0. The molecule has 0 atom stereocenters. The topological polar surface area (TPSA) is 0 Å². The second-order valence-electron chi connectivity index (χ2n) is 3.08. The van der Waals surface area contributed by atoms with Crippen molar-refractivity contribution >= 4 is 0 Å². The molecule has 1 heteroatoms. The van der Waals surface area contributed by atoms with Crippen molar-refractivity contribution in [2.24, 2.45) is 0 Å². The second kappa shape index (κ2) is 15.8. The molecule has 0 saturated carbocycles. The molecule has 0 aliphatic heterocycles. The zero-order valence-corrected chi connectivity index (χ0v) is 13.2. The summed E-state index contributed by atoms with van der Waals surface area (Å²) < 4.78 is 0. The molecular weight excluding hydrogens is 295 g/mol. The first-order valence-electron chi connectivity index (χ1n) is 5.33. The molecule has 0 amide bonds. The summed E-state index contributed by atoms with van der Waals surface area (Å²) in [4.78, 5) is 0. The summed E-state index contributed by atoms with van der Waals surface area (Å²) in [5.41, 5.74) is 0. The minimum absolute atomic E-state index is 0. The fourth-order valence-electron chi connectivity index (χ4n) is 1.03. The molecular formula is C17H19Zr. The van der Waals surface area contributed by atoms with Gasteiger partial charge in [-0.05, 0) is 0 Å². The first-order chi connectivity index (χ1) is 8.00. The van der Waals surface area contributed by atoms with Crippen molar-refractivity contribution in [2.75, 3.05) is 0 Å². The van der Waals surface area contributed by atoms with Crippen molar-refractivity contribution in [3.05, 3.63) is 104 Å². The predicted molar refractivity (Wildman–Crippen MR) is 76.9 cm³/mol. The Morgan fingerprint density at radius 3 is 0.722 bits per heavy atom. The molecule has 0 unspecified atom stereocenters. The molecule has 3 aromatic carbocycles. The van der Waals surface area contributed by atoms with Gasteiger partial charge in [-0.3, -0.25) is 0 Å². The van der Waals surface area contributed by atoms with Crippen LogP contribution >= 0.6 is 0 Å². The molecule has 0 fully saturated rings. The number of rotatable bonds is 0. The molecule has 3 rings (SSSR count). The SMILES string of the molecule is [CH3-].[Zr+3].c1cc[cH-]c1.c1cc[cH-]c1.c1ccccc1. The third kappa shape index (κ3) is 12.9. The van der Waals surface area contributed by atoms with E-state index in [-0.39, 0.29) is 33.6 Å². The Hall–Kier alpha value is -1.20. The van der Waals surface area contributed by atoms with Crippen LogP contribution in [0.25, 0.3) is 0 Å². The van der Waals surface area contributed by atoms with Crippen LogP contribution in [0.15, 0.2) is 97.1 Å². The molecule has 0 aliphatic rings. The molecule has 91 valence electrons. The Morgan fingerprint density at radius 1 is 0.389 bits per heavy atom. The normalized spacial score (nSPS) is 7.11. The van der Waals surface area contributed by atoms with E-state index in [1.54, 1.807) is 0 Å². The number of benzene rings is 1. The summed E-state index contributed by atoms with van der Waals surface area (Å²) in [5.74, 6) is 0. The standard InChI is InChI=1S/C6H6.2C5H5.CH3.Zr/c1-2-4-6-5-3-1;2*1-2-4-5-3-1;;/h1-6H;2*1-5H;1H3;/q;3*-1;+3. The van der Waals surface area contributed by atoms with E-state index >= 15 is 0 Å². The van der Waals surface area contributed by atoms with Crippen molar-refractivity contribution in [2.45, 2.75) is 0 Å². The van der Waals surface area contributed by atoms with Gasteiger partial charge in [0.1, 0.15) is 0 Å². The van der Waals surface area contributed by atoms with E-state index < -0.39 is 0 Å². The van der Waals surface area contributed by atoms with E-state index in [2.05, 4.69) is 0 Å². The number of hydrogen-bond donors (Lipinski definition) is 0. The fourth-order valence-corrected chi connectivity index (χ4v) is 1.03. The van der Waals surface area contributed by atoms with E-state index in [9.17, 15) is 0 Å². The fraction of sp³-hybridized carbons (Fsp3) is 0. The Kier molecular flexibility index (Phi) is 16.8. The monoisotopic (exact) mass is 313 g/mol. The van der Waals surface area contributed by atoms with Crippen molar-refractivity contribution in [1.29, 1.82) is 0 Å². The average Bonchev–Trinajstić information content (AvgIpc) is 3.10. The van der Waals surface area contributed by atoms with Crippen molar-refractivity contribution in [1.82, 2.24) is 0 Å². The Bertz CT molecular complexity index is 297. The van der Waals surface area contributed by atoms with Gasteiger partial charge in [0.2, 0.25) is 0 Å². The predicted octanol–water partition coefficient (Wildman–Crippen LogP) is 4.95. The molecule has 1 radical (unpaired) electrons. The van der Waals surface area contributed by atoms with Gasteiger partial charge in [0, 0.05) is 0 Å². The van der Waals surface area contributed by atoms with E-state index in [1.165, 1.54) is 0 Å². The van der Waals surface area contributed by atoms with Gasteiger partial charge in [0.15, 0.2) is 0 Å². The maximum absolute atomic E-state index is 2.00. The van der Waals surface area contributed by atoms with Crippen molar-refractivity contribution < 1.29 is 26.2 Å². The van der Waals surface area contributed by atoms with E-state index in [0.717, 1.165) is 0 Å². The van der Waals surface area contributed by atoms with Gasteiger partial charge in [-0.15, -0.1) is 0 Å². The van der Waals surface area contributed by atoms with Gasteiger partial charge in [0.25, 0.3) is 0 Å². The third-order valence-electron chi connectivity index (χ3n) is 1.78. The van der Waals surface area contributed by atoms with Crippen LogP contribution < -0.4 is 0 Å². The van der Waals surface area contributed by atoms with Crippen LogP contribution in [0.4, 0.5) is 0 Å². The zero-order chi connectivity index (χ0) is 11.3. The molecule has 18 heavy (non-hydrogen) atoms. The van der Waals surface area contributed by atoms with Crippen LogP contribution in [0.2, 0.25) is 0 Å². The smallest absolute Gasteiger partial charge is 0.358 e. The van der Waals surface area contributed by atoms with Crippen LogP contribution in [-0.2, 0) is 26.2 Å². The molecule has 0 spiro atoms. The summed E-state index contributed by atoms with van der Waals surface area (Å²) >= 11 is 0. The minimum atomic E-state index is 0.